The molecule has 1 aliphatic carbocycles. The molecule has 2 aromatic rings. The first-order chi connectivity index (χ1) is 13.9. The van der Waals surface area contributed by atoms with Crippen molar-refractivity contribution >= 4 is 10.0 Å². The summed E-state index contributed by atoms with van der Waals surface area (Å²) in [5, 5.41) is 8.31. The minimum absolute atomic E-state index is 0.0931. The first kappa shape index (κ1) is 20.5. The van der Waals surface area contributed by atoms with Crippen molar-refractivity contribution < 1.29 is 17.7 Å². The number of hydrogen-bond donors (Lipinski definition) is 0. The molecule has 0 spiro atoms. The molecule has 1 saturated heterocycles. The second-order valence-electron chi connectivity index (χ2n) is 8.14. The predicted octanol–water partition coefficient (Wildman–Crippen LogP) is 1.96. The molecule has 0 N–H and O–H groups in total. The van der Waals surface area contributed by atoms with Crippen LogP contribution in [0, 0.1) is 19.8 Å². The van der Waals surface area contributed by atoms with Crippen molar-refractivity contribution in [1.82, 2.24) is 24.2 Å². The Labute approximate surface area is 171 Å². The Morgan fingerprint density at radius 3 is 2.72 bits per heavy atom. The van der Waals surface area contributed by atoms with E-state index in [9.17, 15) is 8.42 Å². The maximum absolute atomic E-state index is 13.2. The smallest absolute Gasteiger partial charge is 0.246 e. The molecule has 2 aliphatic rings. The Hall–Kier alpha value is -1.78. The molecule has 3 heterocycles. The lowest BCUT2D eigenvalue weighted by molar-refractivity contribution is 0.125. The van der Waals surface area contributed by atoms with Crippen molar-refractivity contribution in [2.45, 2.75) is 56.8 Å². The fraction of sp³-hybridized carbons (Fsp3) is 0.737. The van der Waals surface area contributed by atoms with E-state index in [4.69, 9.17) is 9.26 Å². The summed E-state index contributed by atoms with van der Waals surface area (Å²) in [6.07, 6.45) is 4.73. The molecule has 0 radical (unpaired) electrons. The van der Waals surface area contributed by atoms with E-state index in [1.165, 1.54) is 17.1 Å². The van der Waals surface area contributed by atoms with Gasteiger partial charge in [0.2, 0.25) is 15.9 Å². The molecule has 2 aromatic heterocycles. The van der Waals surface area contributed by atoms with Gasteiger partial charge < -0.3 is 9.26 Å². The Morgan fingerprint density at radius 2 is 2.03 bits per heavy atom. The minimum atomic E-state index is -3.62. The highest BCUT2D eigenvalue weighted by molar-refractivity contribution is 7.89. The molecular formula is C19H29N5O4S. The lowest BCUT2D eigenvalue weighted by Crippen LogP contribution is -2.39. The van der Waals surface area contributed by atoms with Gasteiger partial charge in [0.25, 0.3) is 0 Å². The van der Waals surface area contributed by atoms with Gasteiger partial charge in [0.15, 0.2) is 5.82 Å². The Kier molecular flexibility index (Phi) is 5.76. The van der Waals surface area contributed by atoms with Crippen molar-refractivity contribution in [3.8, 4) is 0 Å². The lowest BCUT2D eigenvalue weighted by Gasteiger charge is -2.30. The van der Waals surface area contributed by atoms with Gasteiger partial charge in [-0.25, -0.2) is 8.42 Å². The van der Waals surface area contributed by atoms with Gasteiger partial charge in [-0.05, 0) is 45.4 Å². The number of nitrogens with zero attached hydrogens (tertiary/aromatic N) is 5. The average molecular weight is 424 g/mol. The summed E-state index contributed by atoms with van der Waals surface area (Å²) in [6, 6.07) is 0. The Balaban J connectivity index is 1.41. The highest BCUT2D eigenvalue weighted by Gasteiger charge is 2.36. The van der Waals surface area contributed by atoms with Gasteiger partial charge in [0, 0.05) is 33.2 Å². The normalized spacial score (nSPS) is 21.0. The molecule has 1 unspecified atom stereocenters. The van der Waals surface area contributed by atoms with E-state index in [0.717, 1.165) is 25.4 Å². The molecule has 9 nitrogen and oxygen atoms in total. The summed E-state index contributed by atoms with van der Waals surface area (Å²) in [5.41, 5.74) is 1.18. The molecule has 29 heavy (non-hydrogen) atoms. The van der Waals surface area contributed by atoms with Gasteiger partial charge >= 0.3 is 0 Å². The fourth-order valence-electron chi connectivity index (χ4n) is 3.85. The van der Waals surface area contributed by atoms with Crippen LogP contribution < -0.4 is 0 Å². The summed E-state index contributed by atoms with van der Waals surface area (Å²) in [5.74, 6) is 1.78. The van der Waals surface area contributed by atoms with Crippen molar-refractivity contribution in [3.63, 3.8) is 0 Å². The number of rotatable bonds is 8. The van der Waals surface area contributed by atoms with Gasteiger partial charge in [0.1, 0.15) is 4.90 Å². The zero-order valence-electron chi connectivity index (χ0n) is 17.3. The summed E-state index contributed by atoms with van der Waals surface area (Å²) < 4.78 is 40.7. The van der Waals surface area contributed by atoms with E-state index in [0.29, 0.717) is 54.1 Å². The van der Waals surface area contributed by atoms with Crippen LogP contribution >= 0.6 is 0 Å². The van der Waals surface area contributed by atoms with Crippen LogP contribution in [0.15, 0.2) is 9.42 Å². The van der Waals surface area contributed by atoms with E-state index in [1.54, 1.807) is 25.6 Å². The number of aryl methyl sites for hydroxylation is 2. The third-order valence-electron chi connectivity index (χ3n) is 5.78. The maximum Gasteiger partial charge on any atom is 0.246 e. The third-order valence-corrected chi connectivity index (χ3v) is 7.90. The largest absolute Gasteiger partial charge is 0.381 e. The molecule has 1 aliphatic heterocycles. The zero-order chi connectivity index (χ0) is 20.6. The second kappa shape index (κ2) is 8.16. The van der Waals surface area contributed by atoms with Crippen LogP contribution in [0.1, 0.15) is 54.7 Å². The average Bonchev–Trinajstić information content (AvgIpc) is 3.32. The molecule has 160 valence electrons. The number of aromatic nitrogens is 4. The monoisotopic (exact) mass is 423 g/mol. The van der Waals surface area contributed by atoms with Gasteiger partial charge in [0.05, 0.1) is 23.9 Å². The first-order valence-corrected chi connectivity index (χ1v) is 11.7. The van der Waals surface area contributed by atoms with Crippen LogP contribution in [0.2, 0.25) is 0 Å². The van der Waals surface area contributed by atoms with Crippen molar-refractivity contribution in [2.24, 2.45) is 13.0 Å². The molecule has 0 aromatic carbocycles. The van der Waals surface area contributed by atoms with Crippen molar-refractivity contribution in [1.29, 1.82) is 0 Å². The minimum Gasteiger partial charge on any atom is -0.381 e. The number of piperidine rings is 1. The summed E-state index contributed by atoms with van der Waals surface area (Å²) in [4.78, 5) is 4.80. The third kappa shape index (κ3) is 4.39. The fourth-order valence-corrected chi connectivity index (χ4v) is 5.78. The molecule has 1 atom stereocenters. The Bertz CT molecular complexity index is 963. The standard InChI is InChI=1S/C19H29N5O4S/c1-13-18(14(2)23(3)21-13)29(25,26)24-9-4-5-16(11-24)19-20-17(22-28-19)8-10-27-12-15-6-7-15/h15-16H,4-12H2,1-3H3. The van der Waals surface area contributed by atoms with Gasteiger partial charge in [-0.15, -0.1) is 0 Å². The highest BCUT2D eigenvalue weighted by Crippen LogP contribution is 2.31. The molecular weight excluding hydrogens is 394 g/mol. The summed E-state index contributed by atoms with van der Waals surface area (Å²) in [7, 11) is -1.86. The van der Waals surface area contributed by atoms with Crippen molar-refractivity contribution in [2.75, 3.05) is 26.3 Å². The lowest BCUT2D eigenvalue weighted by atomic mass is 10.00. The maximum atomic E-state index is 13.2. The zero-order valence-corrected chi connectivity index (χ0v) is 18.1. The quantitative estimate of drug-likeness (QED) is 0.598. The molecule has 4 rings (SSSR count). The number of hydrogen-bond acceptors (Lipinski definition) is 7. The SMILES string of the molecule is Cc1nn(C)c(C)c1S(=O)(=O)N1CCCC(c2nc(CCOCC3CC3)no2)C1. The highest BCUT2D eigenvalue weighted by atomic mass is 32.2. The van der Waals surface area contributed by atoms with Crippen molar-refractivity contribution in [3.05, 3.63) is 23.1 Å². The van der Waals surface area contributed by atoms with Crippen LogP contribution in [-0.2, 0) is 28.2 Å². The number of sulfonamides is 1. The summed E-state index contributed by atoms with van der Waals surface area (Å²) in [6.45, 7) is 5.74. The predicted molar refractivity (Wildman–Crippen MR) is 105 cm³/mol. The van der Waals surface area contributed by atoms with Crippen LogP contribution in [-0.4, -0.2) is 58.9 Å². The van der Waals surface area contributed by atoms with E-state index in [1.807, 2.05) is 0 Å². The van der Waals surface area contributed by atoms with Gasteiger partial charge in [-0.3, -0.25) is 4.68 Å². The van der Waals surface area contributed by atoms with Crippen LogP contribution in [0.4, 0.5) is 0 Å². The number of ether oxygens (including phenoxy) is 1. The van der Waals surface area contributed by atoms with E-state index < -0.39 is 10.0 Å². The Morgan fingerprint density at radius 1 is 1.24 bits per heavy atom. The first-order valence-electron chi connectivity index (χ1n) is 10.3. The molecule has 1 saturated carbocycles. The van der Waals surface area contributed by atoms with Gasteiger partial charge in [-0.2, -0.15) is 14.4 Å². The molecule has 0 bridgehead atoms. The van der Waals surface area contributed by atoms with Crippen LogP contribution in [0.3, 0.4) is 0 Å². The molecule has 2 fully saturated rings. The topological polar surface area (TPSA) is 103 Å². The van der Waals surface area contributed by atoms with Crippen LogP contribution in [0.5, 0.6) is 0 Å². The summed E-state index contributed by atoms with van der Waals surface area (Å²) >= 11 is 0. The molecule has 0 amide bonds. The van der Waals surface area contributed by atoms with E-state index in [2.05, 4.69) is 15.2 Å². The van der Waals surface area contributed by atoms with E-state index in [-0.39, 0.29) is 5.92 Å². The van der Waals surface area contributed by atoms with Crippen LogP contribution in [0.25, 0.3) is 0 Å². The molecule has 10 heteroatoms. The second-order valence-corrected chi connectivity index (χ2v) is 10.0. The van der Waals surface area contributed by atoms with E-state index >= 15 is 0 Å². The van der Waals surface area contributed by atoms with Gasteiger partial charge in [-0.1, -0.05) is 5.16 Å².